The number of hydrogen-bond donors (Lipinski definition) is 2. The maximum absolute atomic E-state index is 11.5. The van der Waals surface area contributed by atoms with Crippen molar-refractivity contribution in [3.63, 3.8) is 0 Å². The van der Waals surface area contributed by atoms with E-state index in [1.54, 1.807) is 6.92 Å². The highest BCUT2D eigenvalue weighted by atomic mass is 16.4. The van der Waals surface area contributed by atoms with Crippen molar-refractivity contribution < 1.29 is 15.0 Å². The summed E-state index contributed by atoms with van der Waals surface area (Å²) < 4.78 is 0. The normalized spacial score (nSPS) is 22.4. The van der Waals surface area contributed by atoms with Crippen molar-refractivity contribution in [3.8, 4) is 0 Å². The summed E-state index contributed by atoms with van der Waals surface area (Å²) in [6.45, 7) is 6.63. The van der Waals surface area contributed by atoms with Gasteiger partial charge in [-0.2, -0.15) is 0 Å². The Kier molecular flexibility index (Phi) is 4.16. The van der Waals surface area contributed by atoms with E-state index in [2.05, 4.69) is 0 Å². The average molecular weight is 277 g/mol. The molecule has 20 heavy (non-hydrogen) atoms. The van der Waals surface area contributed by atoms with E-state index < -0.39 is 17.6 Å². The summed E-state index contributed by atoms with van der Waals surface area (Å²) in [6, 6.07) is 7.37. The lowest BCUT2D eigenvalue weighted by Gasteiger charge is -2.40. The molecule has 1 aromatic rings. The van der Waals surface area contributed by atoms with Gasteiger partial charge < -0.3 is 10.2 Å². The molecule has 2 rings (SSSR count). The van der Waals surface area contributed by atoms with E-state index in [-0.39, 0.29) is 5.92 Å². The number of aliphatic hydroxyl groups is 1. The number of nitrogens with zero attached hydrogens (tertiary/aromatic N) is 1. The second kappa shape index (κ2) is 5.54. The first kappa shape index (κ1) is 15.0. The molecule has 1 unspecified atom stereocenters. The van der Waals surface area contributed by atoms with Gasteiger partial charge in [0.05, 0.1) is 5.60 Å². The molecule has 1 aliphatic heterocycles. The van der Waals surface area contributed by atoms with Gasteiger partial charge in [-0.1, -0.05) is 38.1 Å². The lowest BCUT2D eigenvalue weighted by molar-refractivity contribution is -0.145. The van der Waals surface area contributed by atoms with Crippen LogP contribution in [0.4, 0.5) is 0 Å². The van der Waals surface area contributed by atoms with Gasteiger partial charge in [-0.3, -0.25) is 9.69 Å². The monoisotopic (exact) mass is 277 g/mol. The van der Waals surface area contributed by atoms with E-state index >= 15 is 0 Å². The Morgan fingerprint density at radius 1 is 1.40 bits per heavy atom. The maximum atomic E-state index is 11.5. The Labute approximate surface area is 120 Å². The molecule has 0 aromatic heterocycles. The third-order valence-electron chi connectivity index (χ3n) is 4.40. The van der Waals surface area contributed by atoms with Crippen molar-refractivity contribution in [1.82, 2.24) is 4.90 Å². The van der Waals surface area contributed by atoms with E-state index in [0.717, 1.165) is 11.1 Å². The molecule has 0 radical (unpaired) electrons. The van der Waals surface area contributed by atoms with Gasteiger partial charge in [-0.15, -0.1) is 0 Å². The van der Waals surface area contributed by atoms with Gasteiger partial charge >= 0.3 is 5.97 Å². The Morgan fingerprint density at radius 3 is 2.55 bits per heavy atom. The zero-order chi connectivity index (χ0) is 14.9. The number of aliphatic carboxylic acids is 1. The fraction of sp³-hybridized carbons (Fsp3) is 0.562. The number of β-amino-alcohol motifs (C(OH)–C–C–N with tert-alkyl or cyclic N) is 1. The summed E-state index contributed by atoms with van der Waals surface area (Å²) >= 11 is 0. The highest BCUT2D eigenvalue weighted by Gasteiger charge is 2.36. The standard InChI is InChI=1S/C16H23NO3/c1-11(2)16(3,20)10-17-9-13-7-5-4-6-12(13)8-14(17)15(18)19/h4-7,11,14,20H,8-10H2,1-3H3,(H,18,19)/t14-,16?/m0/s1. The quantitative estimate of drug-likeness (QED) is 0.882. The van der Waals surface area contributed by atoms with Gasteiger partial charge in [0.15, 0.2) is 0 Å². The molecule has 0 saturated carbocycles. The fourth-order valence-corrected chi connectivity index (χ4v) is 2.58. The minimum atomic E-state index is -0.889. The van der Waals surface area contributed by atoms with E-state index in [1.165, 1.54) is 0 Å². The predicted octanol–water partition coefficient (Wildman–Crippen LogP) is 1.90. The molecule has 1 heterocycles. The first-order chi connectivity index (χ1) is 9.31. The van der Waals surface area contributed by atoms with E-state index in [0.29, 0.717) is 19.5 Å². The first-order valence-electron chi connectivity index (χ1n) is 7.07. The highest BCUT2D eigenvalue weighted by Crippen LogP contribution is 2.27. The SMILES string of the molecule is CC(C)C(C)(O)CN1Cc2ccccc2C[C@H]1C(=O)O. The van der Waals surface area contributed by atoms with Crippen molar-refractivity contribution in [2.24, 2.45) is 5.92 Å². The van der Waals surface area contributed by atoms with Crippen LogP contribution in [0.15, 0.2) is 24.3 Å². The van der Waals surface area contributed by atoms with Gasteiger partial charge in [0.25, 0.3) is 0 Å². The lowest BCUT2D eigenvalue weighted by Crippen LogP contribution is -2.53. The molecule has 2 atom stereocenters. The molecule has 0 bridgehead atoms. The number of carboxylic acid groups (broad SMARTS) is 1. The molecule has 0 saturated heterocycles. The summed E-state index contributed by atoms with van der Waals surface area (Å²) in [5.74, 6) is -0.742. The number of hydrogen-bond acceptors (Lipinski definition) is 3. The molecule has 0 spiro atoms. The lowest BCUT2D eigenvalue weighted by atomic mass is 9.88. The van der Waals surface area contributed by atoms with Gasteiger partial charge in [0.2, 0.25) is 0 Å². The third-order valence-corrected chi connectivity index (χ3v) is 4.40. The molecular weight excluding hydrogens is 254 g/mol. The Balaban J connectivity index is 2.25. The van der Waals surface area contributed by atoms with Crippen LogP contribution in [0.3, 0.4) is 0 Å². The van der Waals surface area contributed by atoms with E-state index in [1.807, 2.05) is 43.0 Å². The van der Waals surface area contributed by atoms with E-state index in [4.69, 9.17) is 0 Å². The van der Waals surface area contributed by atoms with Crippen LogP contribution >= 0.6 is 0 Å². The van der Waals surface area contributed by atoms with Crippen LogP contribution in [0.1, 0.15) is 31.9 Å². The van der Waals surface area contributed by atoms with Crippen LogP contribution in [-0.2, 0) is 17.8 Å². The molecular formula is C16H23NO3. The second-order valence-electron chi connectivity index (χ2n) is 6.24. The third kappa shape index (κ3) is 3.02. The zero-order valence-electron chi connectivity index (χ0n) is 12.3. The minimum Gasteiger partial charge on any atom is -0.480 e. The summed E-state index contributed by atoms with van der Waals surface area (Å²) in [7, 11) is 0. The molecule has 4 nitrogen and oxygen atoms in total. The molecule has 2 N–H and O–H groups in total. The van der Waals surface area contributed by atoms with Crippen molar-refractivity contribution in [2.75, 3.05) is 6.54 Å². The number of benzene rings is 1. The summed E-state index contributed by atoms with van der Waals surface area (Å²) in [6.07, 6.45) is 0.500. The average Bonchev–Trinajstić information content (AvgIpc) is 2.37. The number of carbonyl (C=O) groups is 1. The van der Waals surface area contributed by atoms with Crippen LogP contribution < -0.4 is 0 Å². The van der Waals surface area contributed by atoms with Crippen LogP contribution in [0.5, 0.6) is 0 Å². The largest absolute Gasteiger partial charge is 0.480 e. The molecule has 0 aliphatic carbocycles. The minimum absolute atomic E-state index is 0.0779. The molecule has 4 heteroatoms. The van der Waals surface area contributed by atoms with Crippen LogP contribution in [-0.4, -0.2) is 39.3 Å². The molecule has 1 aliphatic rings. The Morgan fingerprint density at radius 2 is 2.00 bits per heavy atom. The van der Waals surface area contributed by atoms with Gasteiger partial charge in [-0.25, -0.2) is 0 Å². The Bertz CT molecular complexity index is 496. The number of rotatable bonds is 4. The molecule has 110 valence electrons. The van der Waals surface area contributed by atoms with Crippen LogP contribution in [0.25, 0.3) is 0 Å². The molecule has 1 aromatic carbocycles. The number of carboxylic acids is 1. The maximum Gasteiger partial charge on any atom is 0.321 e. The first-order valence-corrected chi connectivity index (χ1v) is 7.07. The van der Waals surface area contributed by atoms with Gasteiger partial charge in [0, 0.05) is 13.1 Å². The zero-order valence-corrected chi connectivity index (χ0v) is 12.3. The highest BCUT2D eigenvalue weighted by molar-refractivity contribution is 5.74. The van der Waals surface area contributed by atoms with Crippen LogP contribution in [0.2, 0.25) is 0 Å². The topological polar surface area (TPSA) is 60.8 Å². The molecule has 0 amide bonds. The van der Waals surface area contributed by atoms with Gasteiger partial charge in [-0.05, 0) is 30.4 Å². The Hall–Kier alpha value is -1.39. The van der Waals surface area contributed by atoms with Crippen molar-refractivity contribution in [2.45, 2.75) is 45.4 Å². The van der Waals surface area contributed by atoms with Crippen LogP contribution in [0, 0.1) is 5.92 Å². The molecule has 0 fully saturated rings. The number of fused-ring (bicyclic) bond motifs is 1. The summed E-state index contributed by atoms with van der Waals surface area (Å²) in [5, 5.41) is 19.9. The smallest absolute Gasteiger partial charge is 0.321 e. The van der Waals surface area contributed by atoms with Crippen molar-refractivity contribution >= 4 is 5.97 Å². The van der Waals surface area contributed by atoms with E-state index in [9.17, 15) is 15.0 Å². The summed E-state index contributed by atoms with van der Waals surface area (Å²) in [5.41, 5.74) is 1.37. The van der Waals surface area contributed by atoms with Crippen molar-refractivity contribution in [1.29, 1.82) is 0 Å². The van der Waals surface area contributed by atoms with Gasteiger partial charge in [0.1, 0.15) is 6.04 Å². The second-order valence-corrected chi connectivity index (χ2v) is 6.24. The summed E-state index contributed by atoms with van der Waals surface area (Å²) in [4.78, 5) is 13.4. The predicted molar refractivity (Wildman–Crippen MR) is 77.4 cm³/mol. The van der Waals surface area contributed by atoms with Crippen molar-refractivity contribution in [3.05, 3.63) is 35.4 Å². The fourth-order valence-electron chi connectivity index (χ4n) is 2.58.